The van der Waals surface area contributed by atoms with Crippen molar-refractivity contribution in [2.24, 2.45) is 0 Å². The molecule has 0 saturated carbocycles. The Balaban J connectivity index is 1.89. The van der Waals surface area contributed by atoms with Gasteiger partial charge >= 0.3 is 0 Å². The van der Waals surface area contributed by atoms with Gasteiger partial charge in [-0.1, -0.05) is 30.3 Å². The van der Waals surface area contributed by atoms with E-state index in [1.807, 2.05) is 37.3 Å². The van der Waals surface area contributed by atoms with Crippen LogP contribution in [0, 0.1) is 13.8 Å². The van der Waals surface area contributed by atoms with Crippen molar-refractivity contribution in [2.45, 2.75) is 33.7 Å². The van der Waals surface area contributed by atoms with Crippen molar-refractivity contribution in [1.29, 1.82) is 0 Å². The molecule has 0 spiro atoms. The standard InChI is InChI=1S/C19H23NO2/c1-4-22-18-7-5-6-17(11-18)13-20-19(21)12-16-9-8-14(2)15(3)10-16/h5-11H,4,12-13H2,1-3H3,(H,20,21). The van der Waals surface area contributed by atoms with Crippen LogP contribution in [0.15, 0.2) is 42.5 Å². The predicted octanol–water partition coefficient (Wildman–Crippen LogP) is 3.56. The van der Waals surface area contributed by atoms with Gasteiger partial charge in [0.15, 0.2) is 0 Å². The minimum atomic E-state index is 0.0325. The van der Waals surface area contributed by atoms with Gasteiger partial charge in [-0.05, 0) is 55.2 Å². The van der Waals surface area contributed by atoms with E-state index in [4.69, 9.17) is 4.74 Å². The second-order valence-electron chi connectivity index (χ2n) is 5.45. The maximum atomic E-state index is 12.1. The van der Waals surface area contributed by atoms with Crippen LogP contribution in [0.5, 0.6) is 5.75 Å². The summed E-state index contributed by atoms with van der Waals surface area (Å²) in [6, 6.07) is 13.9. The molecule has 1 N–H and O–H groups in total. The number of hydrogen-bond acceptors (Lipinski definition) is 2. The molecular formula is C19H23NO2. The zero-order valence-electron chi connectivity index (χ0n) is 13.5. The van der Waals surface area contributed by atoms with E-state index in [0.717, 1.165) is 16.9 Å². The molecule has 0 unspecified atom stereocenters. The normalized spacial score (nSPS) is 10.3. The number of ether oxygens (including phenoxy) is 1. The lowest BCUT2D eigenvalue weighted by molar-refractivity contribution is -0.120. The molecule has 2 rings (SSSR count). The summed E-state index contributed by atoms with van der Waals surface area (Å²) in [5.41, 5.74) is 4.55. The third kappa shape index (κ3) is 4.62. The van der Waals surface area contributed by atoms with Gasteiger partial charge < -0.3 is 10.1 Å². The number of rotatable bonds is 6. The van der Waals surface area contributed by atoms with Crippen LogP contribution in [0.3, 0.4) is 0 Å². The van der Waals surface area contributed by atoms with Gasteiger partial charge in [-0.15, -0.1) is 0 Å². The van der Waals surface area contributed by atoms with E-state index in [-0.39, 0.29) is 5.91 Å². The third-order valence-electron chi connectivity index (χ3n) is 3.64. The maximum Gasteiger partial charge on any atom is 0.224 e. The zero-order valence-corrected chi connectivity index (χ0v) is 13.5. The SMILES string of the molecule is CCOc1cccc(CNC(=O)Cc2ccc(C)c(C)c2)c1. The van der Waals surface area contributed by atoms with Crippen LogP contribution >= 0.6 is 0 Å². The molecule has 0 aromatic heterocycles. The molecule has 0 aliphatic heterocycles. The quantitative estimate of drug-likeness (QED) is 0.885. The lowest BCUT2D eigenvalue weighted by Gasteiger charge is -2.09. The first-order valence-electron chi connectivity index (χ1n) is 7.63. The molecule has 0 saturated heterocycles. The maximum absolute atomic E-state index is 12.1. The first kappa shape index (κ1) is 16.1. The average Bonchev–Trinajstić information content (AvgIpc) is 2.50. The van der Waals surface area contributed by atoms with Crippen molar-refractivity contribution in [3.8, 4) is 5.75 Å². The molecule has 0 radical (unpaired) electrons. The molecule has 0 aliphatic carbocycles. The van der Waals surface area contributed by atoms with E-state index in [1.54, 1.807) is 0 Å². The number of aryl methyl sites for hydroxylation is 2. The minimum absolute atomic E-state index is 0.0325. The lowest BCUT2D eigenvalue weighted by atomic mass is 10.0. The summed E-state index contributed by atoms with van der Waals surface area (Å²) < 4.78 is 5.46. The minimum Gasteiger partial charge on any atom is -0.494 e. The molecule has 2 aromatic rings. The summed E-state index contributed by atoms with van der Waals surface area (Å²) >= 11 is 0. The first-order valence-corrected chi connectivity index (χ1v) is 7.63. The van der Waals surface area contributed by atoms with Gasteiger partial charge in [0.2, 0.25) is 5.91 Å². The van der Waals surface area contributed by atoms with Gasteiger partial charge in [-0.2, -0.15) is 0 Å². The number of carbonyl (C=O) groups excluding carboxylic acids is 1. The zero-order chi connectivity index (χ0) is 15.9. The fourth-order valence-corrected chi connectivity index (χ4v) is 2.27. The van der Waals surface area contributed by atoms with Gasteiger partial charge in [-0.25, -0.2) is 0 Å². The van der Waals surface area contributed by atoms with E-state index in [1.165, 1.54) is 11.1 Å². The van der Waals surface area contributed by atoms with Crippen LogP contribution in [0.2, 0.25) is 0 Å². The highest BCUT2D eigenvalue weighted by Gasteiger charge is 2.05. The summed E-state index contributed by atoms with van der Waals surface area (Å²) in [4.78, 5) is 12.1. The van der Waals surface area contributed by atoms with Crippen molar-refractivity contribution in [1.82, 2.24) is 5.32 Å². The van der Waals surface area contributed by atoms with Crippen molar-refractivity contribution >= 4 is 5.91 Å². The molecule has 0 heterocycles. The Bertz CT molecular complexity index is 650. The van der Waals surface area contributed by atoms with Gasteiger partial charge in [0.05, 0.1) is 13.0 Å². The third-order valence-corrected chi connectivity index (χ3v) is 3.64. The summed E-state index contributed by atoms with van der Waals surface area (Å²) in [7, 11) is 0. The van der Waals surface area contributed by atoms with Crippen molar-refractivity contribution in [3.63, 3.8) is 0 Å². The lowest BCUT2D eigenvalue weighted by Crippen LogP contribution is -2.24. The highest BCUT2D eigenvalue weighted by molar-refractivity contribution is 5.78. The molecule has 1 amide bonds. The Morgan fingerprint density at radius 2 is 1.86 bits per heavy atom. The molecule has 0 atom stereocenters. The Hall–Kier alpha value is -2.29. The molecule has 2 aromatic carbocycles. The Labute approximate surface area is 132 Å². The average molecular weight is 297 g/mol. The number of benzene rings is 2. The largest absolute Gasteiger partial charge is 0.494 e. The molecule has 22 heavy (non-hydrogen) atoms. The fraction of sp³-hybridized carbons (Fsp3) is 0.316. The van der Waals surface area contributed by atoms with Gasteiger partial charge in [0.1, 0.15) is 5.75 Å². The summed E-state index contributed by atoms with van der Waals surface area (Å²) in [6.07, 6.45) is 0.409. The van der Waals surface area contributed by atoms with E-state index < -0.39 is 0 Å². The number of amides is 1. The summed E-state index contributed by atoms with van der Waals surface area (Å²) in [5, 5.41) is 2.96. The van der Waals surface area contributed by atoms with Crippen molar-refractivity contribution in [2.75, 3.05) is 6.61 Å². The predicted molar refractivity (Wildman–Crippen MR) is 89.1 cm³/mol. The van der Waals surface area contributed by atoms with Crippen molar-refractivity contribution in [3.05, 3.63) is 64.7 Å². The van der Waals surface area contributed by atoms with Crippen LogP contribution in [0.25, 0.3) is 0 Å². The topological polar surface area (TPSA) is 38.3 Å². The molecule has 0 fully saturated rings. The van der Waals surface area contributed by atoms with Gasteiger partial charge in [0, 0.05) is 6.54 Å². The molecule has 3 nitrogen and oxygen atoms in total. The van der Waals surface area contributed by atoms with E-state index in [2.05, 4.69) is 31.3 Å². The van der Waals surface area contributed by atoms with E-state index >= 15 is 0 Å². The van der Waals surface area contributed by atoms with Gasteiger partial charge in [-0.3, -0.25) is 4.79 Å². The van der Waals surface area contributed by atoms with Crippen LogP contribution in [0.1, 0.15) is 29.2 Å². The first-order chi connectivity index (χ1) is 10.6. The van der Waals surface area contributed by atoms with Crippen LogP contribution in [-0.2, 0) is 17.8 Å². The number of carbonyl (C=O) groups is 1. The summed E-state index contributed by atoms with van der Waals surface area (Å²) in [5.74, 6) is 0.869. The van der Waals surface area contributed by atoms with Gasteiger partial charge in [0.25, 0.3) is 0 Å². The molecule has 3 heteroatoms. The van der Waals surface area contributed by atoms with E-state index in [9.17, 15) is 4.79 Å². The highest BCUT2D eigenvalue weighted by atomic mass is 16.5. The smallest absolute Gasteiger partial charge is 0.224 e. The van der Waals surface area contributed by atoms with Crippen LogP contribution in [-0.4, -0.2) is 12.5 Å². The molecule has 0 bridgehead atoms. The Morgan fingerprint density at radius 1 is 1.05 bits per heavy atom. The highest BCUT2D eigenvalue weighted by Crippen LogP contribution is 2.13. The monoisotopic (exact) mass is 297 g/mol. The van der Waals surface area contributed by atoms with Crippen LogP contribution < -0.4 is 10.1 Å². The van der Waals surface area contributed by atoms with Crippen LogP contribution in [0.4, 0.5) is 0 Å². The molecule has 0 aliphatic rings. The summed E-state index contributed by atoms with van der Waals surface area (Å²) in [6.45, 7) is 7.26. The number of nitrogens with one attached hydrogen (secondary N) is 1. The Kier molecular flexibility index (Phi) is 5.59. The van der Waals surface area contributed by atoms with E-state index in [0.29, 0.717) is 19.6 Å². The molecule has 116 valence electrons. The fourth-order valence-electron chi connectivity index (χ4n) is 2.27. The molecular weight excluding hydrogens is 274 g/mol. The Morgan fingerprint density at radius 3 is 2.59 bits per heavy atom. The second kappa shape index (κ2) is 7.64. The number of hydrogen-bond donors (Lipinski definition) is 1. The van der Waals surface area contributed by atoms with Crippen molar-refractivity contribution < 1.29 is 9.53 Å². The second-order valence-corrected chi connectivity index (χ2v) is 5.45.